The summed E-state index contributed by atoms with van der Waals surface area (Å²) in [7, 11) is 0. The van der Waals surface area contributed by atoms with E-state index < -0.39 is 0 Å². The summed E-state index contributed by atoms with van der Waals surface area (Å²) in [6, 6.07) is 14.8. The van der Waals surface area contributed by atoms with E-state index in [9.17, 15) is 0 Å². The quantitative estimate of drug-likeness (QED) is 0.339. The molecule has 1 aliphatic rings. The molecule has 1 atom stereocenters. The van der Waals surface area contributed by atoms with Gasteiger partial charge in [0.05, 0.1) is 6.54 Å². The second-order valence-electron chi connectivity index (χ2n) is 6.88. The highest BCUT2D eigenvalue weighted by molar-refractivity contribution is 14.0. The zero-order valence-corrected chi connectivity index (χ0v) is 19.2. The zero-order chi connectivity index (χ0) is 18.0. The molecular formula is C21H31IN4S. The molecule has 2 aromatic rings. The van der Waals surface area contributed by atoms with Gasteiger partial charge in [-0.1, -0.05) is 36.4 Å². The Bertz CT molecular complexity index is 660. The van der Waals surface area contributed by atoms with Crippen molar-refractivity contribution in [3.8, 4) is 0 Å². The highest BCUT2D eigenvalue weighted by atomic mass is 127. The molecule has 0 spiro atoms. The van der Waals surface area contributed by atoms with Crippen molar-refractivity contribution >= 4 is 41.3 Å². The number of halogens is 1. The van der Waals surface area contributed by atoms with Crippen LogP contribution in [0.5, 0.6) is 0 Å². The van der Waals surface area contributed by atoms with Crippen LogP contribution in [0.1, 0.15) is 30.2 Å². The maximum atomic E-state index is 4.73. The van der Waals surface area contributed by atoms with E-state index in [1.807, 2.05) is 17.4 Å². The average Bonchev–Trinajstić information content (AvgIpc) is 3.18. The number of guanidine groups is 1. The maximum Gasteiger partial charge on any atom is 0.191 e. The first-order chi connectivity index (χ1) is 12.8. The first kappa shape index (κ1) is 22.2. The minimum Gasteiger partial charge on any atom is -0.357 e. The largest absolute Gasteiger partial charge is 0.357 e. The van der Waals surface area contributed by atoms with Crippen molar-refractivity contribution in [2.45, 2.75) is 32.9 Å². The van der Waals surface area contributed by atoms with Crippen molar-refractivity contribution in [3.63, 3.8) is 0 Å². The van der Waals surface area contributed by atoms with Crippen LogP contribution in [0.25, 0.3) is 0 Å². The second-order valence-corrected chi connectivity index (χ2v) is 7.92. The number of hydrogen-bond donors (Lipinski definition) is 2. The SMILES string of the molecule is CCNC(=NCc1ccccc1)NCC1CCCN(Cc2cccs2)C1.I. The summed E-state index contributed by atoms with van der Waals surface area (Å²) in [6.07, 6.45) is 2.58. The maximum absolute atomic E-state index is 4.73. The lowest BCUT2D eigenvalue weighted by molar-refractivity contribution is 0.169. The van der Waals surface area contributed by atoms with Crippen LogP contribution in [0, 0.1) is 5.92 Å². The van der Waals surface area contributed by atoms with E-state index in [0.717, 1.165) is 25.6 Å². The molecule has 1 unspecified atom stereocenters. The summed E-state index contributed by atoms with van der Waals surface area (Å²) in [4.78, 5) is 8.79. The Morgan fingerprint density at radius 1 is 1.19 bits per heavy atom. The average molecular weight is 498 g/mol. The highest BCUT2D eigenvalue weighted by Crippen LogP contribution is 2.19. The van der Waals surface area contributed by atoms with E-state index in [0.29, 0.717) is 12.5 Å². The Balaban J connectivity index is 0.00000261. The molecule has 4 nitrogen and oxygen atoms in total. The molecule has 1 fully saturated rings. The van der Waals surface area contributed by atoms with Gasteiger partial charge < -0.3 is 10.6 Å². The molecule has 0 amide bonds. The molecule has 27 heavy (non-hydrogen) atoms. The Kier molecular flexibility index (Phi) is 10.2. The third-order valence-electron chi connectivity index (χ3n) is 4.73. The van der Waals surface area contributed by atoms with E-state index in [2.05, 4.69) is 64.2 Å². The first-order valence-corrected chi connectivity index (χ1v) is 10.5. The van der Waals surface area contributed by atoms with Crippen molar-refractivity contribution in [2.24, 2.45) is 10.9 Å². The summed E-state index contributed by atoms with van der Waals surface area (Å²) < 4.78 is 0. The monoisotopic (exact) mass is 498 g/mol. The molecular weight excluding hydrogens is 467 g/mol. The number of benzene rings is 1. The van der Waals surface area contributed by atoms with E-state index in [-0.39, 0.29) is 24.0 Å². The normalized spacial score (nSPS) is 18.0. The second kappa shape index (κ2) is 12.4. The molecule has 2 heterocycles. The van der Waals surface area contributed by atoms with Gasteiger partial charge in [0.15, 0.2) is 5.96 Å². The van der Waals surface area contributed by atoms with Crippen molar-refractivity contribution in [1.82, 2.24) is 15.5 Å². The van der Waals surface area contributed by atoms with Gasteiger partial charge >= 0.3 is 0 Å². The number of nitrogens with zero attached hydrogens (tertiary/aromatic N) is 2. The first-order valence-electron chi connectivity index (χ1n) is 9.64. The van der Waals surface area contributed by atoms with Crippen LogP contribution in [-0.4, -0.2) is 37.0 Å². The van der Waals surface area contributed by atoms with Crippen LogP contribution in [0.15, 0.2) is 52.8 Å². The third-order valence-corrected chi connectivity index (χ3v) is 5.59. The summed E-state index contributed by atoms with van der Waals surface area (Å²) in [6.45, 7) is 8.18. The van der Waals surface area contributed by atoms with Gasteiger partial charge in [0, 0.05) is 31.1 Å². The minimum absolute atomic E-state index is 0. The molecule has 0 bridgehead atoms. The number of rotatable bonds is 7. The van der Waals surface area contributed by atoms with Gasteiger partial charge in [0.1, 0.15) is 0 Å². The van der Waals surface area contributed by atoms with E-state index in [4.69, 9.17) is 4.99 Å². The fourth-order valence-corrected chi connectivity index (χ4v) is 4.17. The smallest absolute Gasteiger partial charge is 0.191 e. The number of thiophene rings is 1. The molecule has 1 aromatic carbocycles. The van der Waals surface area contributed by atoms with Crippen molar-refractivity contribution in [2.75, 3.05) is 26.2 Å². The summed E-state index contributed by atoms with van der Waals surface area (Å²) in [5.41, 5.74) is 1.24. The van der Waals surface area contributed by atoms with Gasteiger partial charge in [-0.2, -0.15) is 0 Å². The van der Waals surface area contributed by atoms with Crippen molar-refractivity contribution in [1.29, 1.82) is 0 Å². The molecule has 3 rings (SSSR count). The molecule has 0 aliphatic carbocycles. The Labute approximate surface area is 184 Å². The number of nitrogens with one attached hydrogen (secondary N) is 2. The molecule has 0 saturated carbocycles. The van der Waals surface area contributed by atoms with Crippen LogP contribution in [0.4, 0.5) is 0 Å². The lowest BCUT2D eigenvalue weighted by Crippen LogP contribution is -2.44. The van der Waals surface area contributed by atoms with Crippen molar-refractivity contribution in [3.05, 3.63) is 58.3 Å². The summed E-state index contributed by atoms with van der Waals surface area (Å²) >= 11 is 1.86. The molecule has 148 valence electrons. The van der Waals surface area contributed by atoms with Gasteiger partial charge in [-0.05, 0) is 49.2 Å². The Morgan fingerprint density at radius 2 is 2.04 bits per heavy atom. The van der Waals surface area contributed by atoms with Gasteiger partial charge in [0.25, 0.3) is 0 Å². The van der Waals surface area contributed by atoms with Crippen molar-refractivity contribution < 1.29 is 0 Å². The van der Waals surface area contributed by atoms with Crippen LogP contribution in [-0.2, 0) is 13.1 Å². The van der Waals surface area contributed by atoms with Gasteiger partial charge in [0.2, 0.25) is 0 Å². The Morgan fingerprint density at radius 3 is 2.78 bits per heavy atom. The van der Waals surface area contributed by atoms with Crippen LogP contribution in [0.2, 0.25) is 0 Å². The van der Waals surface area contributed by atoms with Crippen LogP contribution in [0.3, 0.4) is 0 Å². The van der Waals surface area contributed by atoms with E-state index in [1.165, 1.54) is 36.4 Å². The predicted octanol–water partition coefficient (Wildman–Crippen LogP) is 4.33. The molecule has 1 aromatic heterocycles. The molecule has 1 saturated heterocycles. The van der Waals surface area contributed by atoms with E-state index >= 15 is 0 Å². The predicted molar refractivity (Wildman–Crippen MR) is 127 cm³/mol. The lowest BCUT2D eigenvalue weighted by Gasteiger charge is -2.32. The lowest BCUT2D eigenvalue weighted by atomic mass is 9.98. The van der Waals surface area contributed by atoms with Gasteiger partial charge in [-0.25, -0.2) is 4.99 Å². The fraction of sp³-hybridized carbons (Fsp3) is 0.476. The molecule has 2 N–H and O–H groups in total. The number of piperidine rings is 1. The van der Waals surface area contributed by atoms with Crippen LogP contribution >= 0.6 is 35.3 Å². The highest BCUT2D eigenvalue weighted by Gasteiger charge is 2.20. The zero-order valence-electron chi connectivity index (χ0n) is 16.1. The van der Waals surface area contributed by atoms with Crippen LogP contribution < -0.4 is 10.6 Å². The van der Waals surface area contributed by atoms with Gasteiger partial charge in [-0.3, -0.25) is 4.90 Å². The number of aliphatic imine (C=N–C) groups is 1. The third kappa shape index (κ3) is 7.79. The molecule has 1 aliphatic heterocycles. The molecule has 0 radical (unpaired) electrons. The fourth-order valence-electron chi connectivity index (χ4n) is 3.42. The summed E-state index contributed by atoms with van der Waals surface area (Å²) in [5.74, 6) is 1.61. The number of hydrogen-bond acceptors (Lipinski definition) is 3. The topological polar surface area (TPSA) is 39.7 Å². The summed E-state index contributed by atoms with van der Waals surface area (Å²) in [5, 5.41) is 9.09. The molecule has 6 heteroatoms. The van der Waals surface area contributed by atoms with E-state index in [1.54, 1.807) is 0 Å². The minimum atomic E-state index is 0. The standard InChI is InChI=1S/C21H30N4S.HI/c1-2-22-21(23-14-18-8-4-3-5-9-18)24-15-19-10-6-12-25(16-19)17-20-11-7-13-26-20;/h3-5,7-9,11,13,19H,2,6,10,12,14-17H2,1H3,(H2,22,23,24);1H. The van der Waals surface area contributed by atoms with Gasteiger partial charge in [-0.15, -0.1) is 35.3 Å². The number of likely N-dealkylation sites (tertiary alicyclic amines) is 1. The Hall–Kier alpha value is -1.12.